The third kappa shape index (κ3) is 3.48. The Labute approximate surface area is 127 Å². The lowest BCUT2D eigenvalue weighted by molar-refractivity contribution is -0.0133. The minimum Gasteiger partial charge on any atom is -0.493 e. The molecule has 5 nitrogen and oxygen atoms in total. The summed E-state index contributed by atoms with van der Waals surface area (Å²) in [7, 11) is 3.33. The Bertz CT molecular complexity index is 461. The quantitative estimate of drug-likeness (QED) is 0.857. The van der Waals surface area contributed by atoms with Gasteiger partial charge < -0.3 is 19.9 Å². The Morgan fingerprint density at radius 2 is 1.95 bits per heavy atom. The smallest absolute Gasteiger partial charge is 0.163 e. The van der Waals surface area contributed by atoms with Gasteiger partial charge in [0.15, 0.2) is 11.5 Å². The zero-order chi connectivity index (χ0) is 15.3. The van der Waals surface area contributed by atoms with Crippen LogP contribution in [-0.4, -0.2) is 57.5 Å². The van der Waals surface area contributed by atoms with Crippen LogP contribution in [0.1, 0.15) is 12.5 Å². The van der Waals surface area contributed by atoms with E-state index < -0.39 is 0 Å². The van der Waals surface area contributed by atoms with Crippen molar-refractivity contribution < 1.29 is 14.2 Å². The van der Waals surface area contributed by atoms with Gasteiger partial charge in [0.2, 0.25) is 0 Å². The molecule has 0 saturated carbocycles. The number of nitrogens with two attached hydrogens (primary N) is 1. The lowest BCUT2D eigenvalue weighted by Crippen LogP contribution is -2.56. The first-order valence-corrected chi connectivity index (χ1v) is 7.37. The Balaban J connectivity index is 2.25. The van der Waals surface area contributed by atoms with Crippen LogP contribution in [0.5, 0.6) is 11.5 Å². The minimum atomic E-state index is -0.108. The van der Waals surface area contributed by atoms with Crippen LogP contribution in [0.15, 0.2) is 18.2 Å². The van der Waals surface area contributed by atoms with Gasteiger partial charge in [-0.05, 0) is 25.0 Å². The van der Waals surface area contributed by atoms with E-state index in [1.807, 2.05) is 12.1 Å². The second kappa shape index (κ2) is 7.11. The van der Waals surface area contributed by atoms with E-state index in [0.717, 1.165) is 49.8 Å². The largest absolute Gasteiger partial charge is 0.493 e. The maximum atomic E-state index is 6.09. The van der Waals surface area contributed by atoms with Gasteiger partial charge in [-0.15, -0.1) is 0 Å². The molecule has 1 aliphatic rings. The molecule has 0 radical (unpaired) electrons. The summed E-state index contributed by atoms with van der Waals surface area (Å²) in [5, 5.41) is 0. The highest BCUT2D eigenvalue weighted by atomic mass is 16.5. The number of methoxy groups -OCH3 is 2. The number of morpholine rings is 1. The van der Waals surface area contributed by atoms with E-state index in [1.54, 1.807) is 14.2 Å². The van der Waals surface area contributed by atoms with Crippen LogP contribution in [-0.2, 0) is 11.2 Å². The van der Waals surface area contributed by atoms with Gasteiger partial charge in [-0.2, -0.15) is 0 Å². The molecule has 1 aromatic carbocycles. The zero-order valence-corrected chi connectivity index (χ0v) is 13.2. The zero-order valence-electron chi connectivity index (χ0n) is 13.2. The first-order chi connectivity index (χ1) is 10.1. The molecule has 1 aromatic rings. The highest BCUT2D eigenvalue weighted by Crippen LogP contribution is 2.34. The Morgan fingerprint density at radius 1 is 1.24 bits per heavy atom. The predicted molar refractivity (Wildman–Crippen MR) is 83.1 cm³/mol. The Kier molecular flexibility index (Phi) is 5.45. The molecule has 5 heteroatoms. The summed E-state index contributed by atoms with van der Waals surface area (Å²) in [6.07, 6.45) is 0.823. The number of benzene rings is 1. The number of ether oxygens (including phenoxy) is 3. The molecule has 0 aliphatic carbocycles. The van der Waals surface area contributed by atoms with E-state index in [9.17, 15) is 0 Å². The van der Waals surface area contributed by atoms with Crippen LogP contribution < -0.4 is 15.2 Å². The molecule has 0 amide bonds. The highest BCUT2D eigenvalue weighted by molar-refractivity contribution is 5.47. The first kappa shape index (κ1) is 16.1. The van der Waals surface area contributed by atoms with Gasteiger partial charge in [0.1, 0.15) is 0 Å². The third-order valence-corrected chi connectivity index (χ3v) is 4.27. The molecule has 0 bridgehead atoms. The number of nitrogens with zero attached hydrogens (tertiary/aromatic N) is 1. The molecule has 1 fully saturated rings. The molecule has 1 atom stereocenters. The summed E-state index contributed by atoms with van der Waals surface area (Å²) in [6, 6.07) is 5.99. The summed E-state index contributed by atoms with van der Waals surface area (Å²) in [5.74, 6) is 1.56. The van der Waals surface area contributed by atoms with Crippen LogP contribution in [0.3, 0.4) is 0 Å². The van der Waals surface area contributed by atoms with Gasteiger partial charge in [0.25, 0.3) is 0 Å². The Hall–Kier alpha value is -1.30. The fraction of sp³-hybridized carbons (Fsp3) is 0.625. The van der Waals surface area contributed by atoms with E-state index in [1.165, 1.54) is 0 Å². The number of hydrogen-bond donors (Lipinski definition) is 1. The fourth-order valence-electron chi connectivity index (χ4n) is 2.92. The van der Waals surface area contributed by atoms with Crippen molar-refractivity contribution in [2.24, 2.45) is 5.73 Å². The molecule has 21 heavy (non-hydrogen) atoms. The summed E-state index contributed by atoms with van der Waals surface area (Å²) >= 11 is 0. The second-order valence-corrected chi connectivity index (χ2v) is 5.63. The molecule has 1 saturated heterocycles. The van der Waals surface area contributed by atoms with Crippen LogP contribution >= 0.6 is 0 Å². The van der Waals surface area contributed by atoms with Crippen LogP contribution in [0.2, 0.25) is 0 Å². The summed E-state index contributed by atoms with van der Waals surface area (Å²) in [4.78, 5) is 2.41. The van der Waals surface area contributed by atoms with Crippen LogP contribution in [0.25, 0.3) is 0 Å². The maximum absolute atomic E-state index is 6.09. The van der Waals surface area contributed by atoms with E-state index in [2.05, 4.69) is 17.9 Å². The lowest BCUT2D eigenvalue weighted by Gasteiger charge is -2.43. The van der Waals surface area contributed by atoms with Gasteiger partial charge in [-0.3, -0.25) is 4.90 Å². The fourth-order valence-corrected chi connectivity index (χ4v) is 2.92. The first-order valence-electron chi connectivity index (χ1n) is 7.37. The lowest BCUT2D eigenvalue weighted by atomic mass is 9.90. The van der Waals surface area contributed by atoms with E-state index in [-0.39, 0.29) is 5.54 Å². The van der Waals surface area contributed by atoms with E-state index in [4.69, 9.17) is 19.9 Å². The van der Waals surface area contributed by atoms with Gasteiger partial charge in [-0.1, -0.05) is 12.1 Å². The van der Waals surface area contributed by atoms with Gasteiger partial charge in [0.05, 0.1) is 27.4 Å². The average Bonchev–Trinajstić information content (AvgIpc) is 2.55. The molecule has 0 spiro atoms. The van der Waals surface area contributed by atoms with Gasteiger partial charge >= 0.3 is 0 Å². The number of rotatable bonds is 6. The van der Waals surface area contributed by atoms with E-state index >= 15 is 0 Å². The van der Waals surface area contributed by atoms with Crippen molar-refractivity contribution in [2.45, 2.75) is 18.9 Å². The van der Waals surface area contributed by atoms with Gasteiger partial charge in [0, 0.05) is 25.2 Å². The molecule has 1 heterocycles. The van der Waals surface area contributed by atoms with Crippen molar-refractivity contribution in [3.8, 4) is 11.5 Å². The molecule has 118 valence electrons. The second-order valence-electron chi connectivity index (χ2n) is 5.63. The predicted octanol–water partition coefficient (Wildman–Crippen LogP) is 1.30. The van der Waals surface area contributed by atoms with Crippen molar-refractivity contribution in [3.05, 3.63) is 23.8 Å². The van der Waals surface area contributed by atoms with Crippen LogP contribution in [0, 0.1) is 0 Å². The SMILES string of the molecule is COc1cccc(CC(C)(CN)N2CCOCC2)c1OC. The standard InChI is InChI=1S/C16H26N2O3/c1-16(12-17,18-7-9-21-10-8-18)11-13-5-4-6-14(19-2)15(13)20-3/h4-6H,7-12,17H2,1-3H3. The van der Waals surface area contributed by atoms with Crippen molar-refractivity contribution in [2.75, 3.05) is 47.1 Å². The summed E-state index contributed by atoms with van der Waals surface area (Å²) < 4.78 is 16.4. The van der Waals surface area contributed by atoms with E-state index in [0.29, 0.717) is 6.54 Å². The molecule has 1 aliphatic heterocycles. The average molecular weight is 294 g/mol. The molecular formula is C16H26N2O3. The molecule has 2 N–H and O–H groups in total. The number of para-hydroxylation sites is 1. The molecule has 1 unspecified atom stereocenters. The van der Waals surface area contributed by atoms with Crippen molar-refractivity contribution >= 4 is 0 Å². The normalized spacial score (nSPS) is 19.0. The minimum absolute atomic E-state index is 0.108. The van der Waals surface area contributed by atoms with Crippen LogP contribution in [0.4, 0.5) is 0 Å². The molecule has 2 rings (SSSR count). The Morgan fingerprint density at radius 3 is 2.52 bits per heavy atom. The van der Waals surface area contributed by atoms with Crippen molar-refractivity contribution in [3.63, 3.8) is 0 Å². The monoisotopic (exact) mass is 294 g/mol. The van der Waals surface area contributed by atoms with Crippen molar-refractivity contribution in [1.29, 1.82) is 0 Å². The molecular weight excluding hydrogens is 268 g/mol. The highest BCUT2D eigenvalue weighted by Gasteiger charge is 2.33. The van der Waals surface area contributed by atoms with Gasteiger partial charge in [-0.25, -0.2) is 0 Å². The topological polar surface area (TPSA) is 57.0 Å². The maximum Gasteiger partial charge on any atom is 0.163 e. The molecule has 0 aromatic heterocycles. The third-order valence-electron chi connectivity index (χ3n) is 4.27. The van der Waals surface area contributed by atoms with Crippen molar-refractivity contribution in [1.82, 2.24) is 4.90 Å². The summed E-state index contributed by atoms with van der Waals surface area (Å²) in [5.41, 5.74) is 7.11. The number of hydrogen-bond acceptors (Lipinski definition) is 5. The summed E-state index contributed by atoms with van der Waals surface area (Å²) in [6.45, 7) is 6.17.